The Morgan fingerprint density at radius 1 is 1.35 bits per heavy atom. The zero-order valence-corrected chi connectivity index (χ0v) is 12.0. The third-order valence-corrected chi connectivity index (χ3v) is 2.48. The monoisotopic (exact) mass is 284 g/mol. The first-order valence-electron chi connectivity index (χ1n) is 6.31. The number of hydrogen-bond donors (Lipinski definition) is 2. The number of rotatable bonds is 6. The summed E-state index contributed by atoms with van der Waals surface area (Å²) < 4.78 is 24.1. The van der Waals surface area contributed by atoms with Gasteiger partial charge in [0, 0.05) is 5.56 Å². The van der Waals surface area contributed by atoms with Crippen LogP contribution in [0, 0.1) is 5.82 Å². The Morgan fingerprint density at radius 2 is 2.05 bits per heavy atom. The molecule has 1 aromatic carbocycles. The second-order valence-corrected chi connectivity index (χ2v) is 5.30. The molecule has 0 saturated heterocycles. The molecule has 3 N–H and O–H groups in total. The molecule has 0 heterocycles. The van der Waals surface area contributed by atoms with Gasteiger partial charge in [-0.2, -0.15) is 0 Å². The van der Waals surface area contributed by atoms with E-state index in [1.54, 1.807) is 6.07 Å². The Balaban J connectivity index is 2.56. The van der Waals surface area contributed by atoms with Crippen LogP contribution in [0.2, 0.25) is 0 Å². The first kappa shape index (κ1) is 16.4. The SMILES string of the molecule is CC(C)(C)OCCOCc1ccc(F)cc1/C(N)=N/O. The molecule has 0 unspecified atom stereocenters. The van der Waals surface area contributed by atoms with E-state index in [1.165, 1.54) is 12.1 Å². The van der Waals surface area contributed by atoms with Crippen molar-refractivity contribution >= 4 is 5.84 Å². The number of nitrogens with zero attached hydrogens (tertiary/aromatic N) is 1. The van der Waals surface area contributed by atoms with Crippen LogP contribution in [0.5, 0.6) is 0 Å². The van der Waals surface area contributed by atoms with Gasteiger partial charge >= 0.3 is 0 Å². The lowest BCUT2D eigenvalue weighted by Crippen LogP contribution is -2.22. The van der Waals surface area contributed by atoms with E-state index in [0.29, 0.717) is 24.3 Å². The van der Waals surface area contributed by atoms with Crippen LogP contribution >= 0.6 is 0 Å². The Labute approximate surface area is 118 Å². The molecule has 20 heavy (non-hydrogen) atoms. The molecule has 112 valence electrons. The lowest BCUT2D eigenvalue weighted by molar-refractivity contribution is -0.0377. The largest absolute Gasteiger partial charge is 0.409 e. The normalized spacial score (nSPS) is 12.7. The summed E-state index contributed by atoms with van der Waals surface area (Å²) in [6.45, 7) is 6.99. The minimum absolute atomic E-state index is 0.144. The lowest BCUT2D eigenvalue weighted by atomic mass is 10.1. The highest BCUT2D eigenvalue weighted by Gasteiger charge is 2.11. The number of nitrogens with two attached hydrogens (primary N) is 1. The van der Waals surface area contributed by atoms with Gasteiger partial charge in [0.05, 0.1) is 25.4 Å². The van der Waals surface area contributed by atoms with Crippen molar-refractivity contribution in [2.24, 2.45) is 10.9 Å². The number of hydrogen-bond acceptors (Lipinski definition) is 4. The van der Waals surface area contributed by atoms with Gasteiger partial charge < -0.3 is 20.4 Å². The van der Waals surface area contributed by atoms with Crippen molar-refractivity contribution in [3.63, 3.8) is 0 Å². The Hall–Kier alpha value is -1.66. The number of halogens is 1. The fourth-order valence-electron chi connectivity index (χ4n) is 1.56. The van der Waals surface area contributed by atoms with E-state index in [0.717, 1.165) is 0 Å². The first-order chi connectivity index (χ1) is 9.33. The maximum Gasteiger partial charge on any atom is 0.170 e. The summed E-state index contributed by atoms with van der Waals surface area (Å²) in [6.07, 6.45) is 0. The van der Waals surface area contributed by atoms with Gasteiger partial charge in [0.15, 0.2) is 5.84 Å². The van der Waals surface area contributed by atoms with Gasteiger partial charge in [0.2, 0.25) is 0 Å². The predicted molar refractivity (Wildman–Crippen MR) is 74.3 cm³/mol. The number of ether oxygens (including phenoxy) is 2. The second-order valence-electron chi connectivity index (χ2n) is 5.30. The van der Waals surface area contributed by atoms with Crippen LogP contribution in [-0.4, -0.2) is 29.9 Å². The number of amidine groups is 1. The highest BCUT2D eigenvalue weighted by molar-refractivity contribution is 5.98. The van der Waals surface area contributed by atoms with Gasteiger partial charge in [0.1, 0.15) is 5.82 Å². The molecule has 0 bridgehead atoms. The third-order valence-electron chi connectivity index (χ3n) is 2.48. The maximum atomic E-state index is 13.2. The smallest absolute Gasteiger partial charge is 0.170 e. The quantitative estimate of drug-likeness (QED) is 0.276. The molecule has 1 rings (SSSR count). The van der Waals surface area contributed by atoms with E-state index in [4.69, 9.17) is 20.4 Å². The van der Waals surface area contributed by atoms with Crippen molar-refractivity contribution in [1.82, 2.24) is 0 Å². The average Bonchev–Trinajstić information content (AvgIpc) is 2.37. The van der Waals surface area contributed by atoms with E-state index < -0.39 is 5.82 Å². The van der Waals surface area contributed by atoms with Gasteiger partial charge in [-0.1, -0.05) is 11.2 Å². The maximum absolute atomic E-state index is 13.2. The summed E-state index contributed by atoms with van der Waals surface area (Å²) in [5.74, 6) is -0.597. The molecule has 0 atom stereocenters. The van der Waals surface area contributed by atoms with Crippen LogP contribution in [0.4, 0.5) is 4.39 Å². The molecule has 0 aliphatic carbocycles. The van der Waals surface area contributed by atoms with Gasteiger partial charge in [-0.25, -0.2) is 4.39 Å². The number of benzene rings is 1. The average molecular weight is 284 g/mol. The highest BCUT2D eigenvalue weighted by atomic mass is 19.1. The predicted octanol–water partition coefficient (Wildman–Crippen LogP) is 2.25. The standard InChI is InChI=1S/C14H21FN2O3/c1-14(2,3)20-7-6-19-9-10-4-5-11(15)8-12(10)13(16)17-18/h4-5,8,18H,6-7,9H2,1-3H3,(H2,16,17). The van der Waals surface area contributed by atoms with Gasteiger partial charge in [0.25, 0.3) is 0 Å². The fraction of sp³-hybridized carbons (Fsp3) is 0.500. The van der Waals surface area contributed by atoms with Crippen LogP contribution in [0.3, 0.4) is 0 Å². The van der Waals surface area contributed by atoms with Crippen LogP contribution in [0.1, 0.15) is 31.9 Å². The zero-order valence-electron chi connectivity index (χ0n) is 12.0. The summed E-state index contributed by atoms with van der Waals surface area (Å²) in [4.78, 5) is 0. The molecule has 0 aliphatic heterocycles. The minimum atomic E-state index is -0.452. The highest BCUT2D eigenvalue weighted by Crippen LogP contribution is 2.13. The zero-order chi connectivity index (χ0) is 15.2. The van der Waals surface area contributed by atoms with Crippen LogP contribution in [0.25, 0.3) is 0 Å². The topological polar surface area (TPSA) is 77.1 Å². The molecular weight excluding hydrogens is 263 g/mol. The van der Waals surface area contributed by atoms with E-state index in [1.807, 2.05) is 20.8 Å². The second kappa shape index (κ2) is 7.21. The van der Waals surface area contributed by atoms with Gasteiger partial charge in [-0.05, 0) is 38.5 Å². The van der Waals surface area contributed by atoms with Crippen LogP contribution < -0.4 is 5.73 Å². The molecule has 6 heteroatoms. The van der Waals surface area contributed by atoms with E-state index in [-0.39, 0.29) is 18.0 Å². The minimum Gasteiger partial charge on any atom is -0.409 e. The molecule has 0 aromatic heterocycles. The number of oxime groups is 1. The molecule has 0 spiro atoms. The first-order valence-corrected chi connectivity index (χ1v) is 6.31. The molecule has 0 fully saturated rings. The fourth-order valence-corrected chi connectivity index (χ4v) is 1.56. The van der Waals surface area contributed by atoms with E-state index >= 15 is 0 Å². The van der Waals surface area contributed by atoms with Crippen molar-refractivity contribution in [2.45, 2.75) is 33.0 Å². The summed E-state index contributed by atoms with van der Waals surface area (Å²) in [5, 5.41) is 11.6. The molecule has 1 aromatic rings. The molecular formula is C14H21FN2O3. The molecule has 0 amide bonds. The summed E-state index contributed by atoms with van der Waals surface area (Å²) in [7, 11) is 0. The third kappa shape index (κ3) is 5.54. The molecule has 0 radical (unpaired) electrons. The van der Waals surface area contributed by atoms with Crippen molar-refractivity contribution < 1.29 is 19.1 Å². The lowest BCUT2D eigenvalue weighted by Gasteiger charge is -2.19. The Kier molecular flexibility index (Phi) is 5.91. The van der Waals surface area contributed by atoms with E-state index in [9.17, 15) is 4.39 Å². The summed E-state index contributed by atoms with van der Waals surface area (Å²) in [6, 6.07) is 4.06. The van der Waals surface area contributed by atoms with Crippen molar-refractivity contribution in [2.75, 3.05) is 13.2 Å². The van der Waals surface area contributed by atoms with E-state index in [2.05, 4.69) is 5.16 Å². The van der Waals surface area contributed by atoms with Crippen LogP contribution in [0.15, 0.2) is 23.4 Å². The van der Waals surface area contributed by atoms with Crippen molar-refractivity contribution in [1.29, 1.82) is 0 Å². The van der Waals surface area contributed by atoms with Gasteiger partial charge in [-0.3, -0.25) is 0 Å². The Morgan fingerprint density at radius 3 is 2.65 bits per heavy atom. The summed E-state index contributed by atoms with van der Waals surface area (Å²) in [5.41, 5.74) is 6.27. The van der Waals surface area contributed by atoms with Crippen LogP contribution in [-0.2, 0) is 16.1 Å². The van der Waals surface area contributed by atoms with Crippen molar-refractivity contribution in [3.8, 4) is 0 Å². The van der Waals surface area contributed by atoms with Crippen molar-refractivity contribution in [3.05, 3.63) is 35.1 Å². The molecule has 0 aliphatic rings. The Bertz CT molecular complexity index is 470. The molecule has 5 nitrogen and oxygen atoms in total. The van der Waals surface area contributed by atoms with Gasteiger partial charge in [-0.15, -0.1) is 0 Å². The molecule has 0 saturated carbocycles. The summed E-state index contributed by atoms with van der Waals surface area (Å²) >= 11 is 0.